The fourth-order valence-electron chi connectivity index (χ4n) is 1.52. The topological polar surface area (TPSA) is 80.3 Å². The maximum Gasteiger partial charge on any atom is 0.244 e. The van der Waals surface area contributed by atoms with E-state index in [1.54, 1.807) is 20.2 Å². The first-order valence-corrected chi connectivity index (χ1v) is 7.16. The number of methoxy groups -OCH3 is 1. The molecule has 6 nitrogen and oxygen atoms in total. The molecular formula is C11H19N3O3S. The van der Waals surface area contributed by atoms with Gasteiger partial charge in [0.1, 0.15) is 4.90 Å². The van der Waals surface area contributed by atoms with Crippen LogP contribution in [0.25, 0.3) is 0 Å². The molecule has 2 N–H and O–H groups in total. The lowest BCUT2D eigenvalue weighted by molar-refractivity contribution is 0.173. The van der Waals surface area contributed by atoms with E-state index in [0.29, 0.717) is 18.7 Å². The van der Waals surface area contributed by atoms with Crippen LogP contribution in [0.15, 0.2) is 23.4 Å². The van der Waals surface area contributed by atoms with Gasteiger partial charge in [-0.1, -0.05) is 6.92 Å². The lowest BCUT2D eigenvalue weighted by atomic mass is 10.3. The Labute approximate surface area is 108 Å². The van der Waals surface area contributed by atoms with E-state index in [0.717, 1.165) is 0 Å². The molecule has 0 radical (unpaired) electrons. The first kappa shape index (κ1) is 14.9. The van der Waals surface area contributed by atoms with E-state index in [-0.39, 0.29) is 10.9 Å². The van der Waals surface area contributed by atoms with Crippen molar-refractivity contribution in [3.05, 3.63) is 18.5 Å². The molecule has 0 spiro atoms. The Balaban J connectivity index is 2.98. The summed E-state index contributed by atoms with van der Waals surface area (Å²) in [6, 6.07) is 1.37. The van der Waals surface area contributed by atoms with Crippen molar-refractivity contribution in [3.63, 3.8) is 0 Å². The summed E-state index contributed by atoms with van der Waals surface area (Å²) < 4.78 is 32.0. The van der Waals surface area contributed by atoms with Crippen molar-refractivity contribution in [2.45, 2.75) is 24.3 Å². The molecule has 0 aliphatic carbocycles. The average molecular weight is 273 g/mol. The number of nitrogens with zero attached hydrogens (tertiary/aromatic N) is 1. The molecule has 1 atom stereocenters. The summed E-state index contributed by atoms with van der Waals surface area (Å²) in [5, 5.41) is 2.83. The molecule has 1 unspecified atom stereocenters. The van der Waals surface area contributed by atoms with E-state index in [9.17, 15) is 8.42 Å². The molecule has 0 bridgehead atoms. The third-order valence-corrected chi connectivity index (χ3v) is 4.07. The van der Waals surface area contributed by atoms with Crippen LogP contribution in [-0.4, -0.2) is 40.2 Å². The van der Waals surface area contributed by atoms with Crippen molar-refractivity contribution in [1.29, 1.82) is 0 Å². The molecule has 1 heterocycles. The molecule has 0 saturated carbocycles. The maximum absolute atomic E-state index is 12.2. The molecule has 0 aromatic carbocycles. The fourth-order valence-corrected chi connectivity index (χ4v) is 2.98. The van der Waals surface area contributed by atoms with Crippen molar-refractivity contribution in [2.75, 3.05) is 26.1 Å². The monoisotopic (exact) mass is 273 g/mol. The minimum atomic E-state index is -3.59. The molecule has 102 valence electrons. The van der Waals surface area contributed by atoms with Crippen LogP contribution >= 0.6 is 0 Å². The summed E-state index contributed by atoms with van der Waals surface area (Å²) in [6.45, 7) is 2.24. The smallest absolute Gasteiger partial charge is 0.244 e. The van der Waals surface area contributed by atoms with Gasteiger partial charge in [-0.25, -0.2) is 13.1 Å². The summed E-state index contributed by atoms with van der Waals surface area (Å²) in [4.78, 5) is 3.99. The van der Waals surface area contributed by atoms with Crippen molar-refractivity contribution in [2.24, 2.45) is 0 Å². The van der Waals surface area contributed by atoms with Gasteiger partial charge in [-0.3, -0.25) is 4.98 Å². The van der Waals surface area contributed by atoms with E-state index in [1.165, 1.54) is 12.4 Å². The zero-order valence-corrected chi connectivity index (χ0v) is 11.6. The van der Waals surface area contributed by atoms with Gasteiger partial charge in [-0.15, -0.1) is 0 Å². The largest absolute Gasteiger partial charge is 0.387 e. The predicted octanol–water partition coefficient (Wildman–Crippen LogP) is 0.827. The van der Waals surface area contributed by atoms with Gasteiger partial charge < -0.3 is 10.1 Å². The summed E-state index contributed by atoms with van der Waals surface area (Å²) in [5.74, 6) is 0. The van der Waals surface area contributed by atoms with E-state index in [2.05, 4.69) is 15.0 Å². The van der Waals surface area contributed by atoms with Crippen LogP contribution in [0, 0.1) is 0 Å². The summed E-state index contributed by atoms with van der Waals surface area (Å²) in [5.41, 5.74) is 0.518. The Morgan fingerprint density at radius 1 is 1.50 bits per heavy atom. The van der Waals surface area contributed by atoms with Gasteiger partial charge in [0.2, 0.25) is 10.0 Å². The second-order valence-electron chi connectivity index (χ2n) is 3.80. The highest BCUT2D eigenvalue weighted by molar-refractivity contribution is 7.89. The van der Waals surface area contributed by atoms with Gasteiger partial charge in [0, 0.05) is 32.6 Å². The first-order chi connectivity index (χ1) is 8.55. The van der Waals surface area contributed by atoms with Crippen LogP contribution in [0.3, 0.4) is 0 Å². The van der Waals surface area contributed by atoms with Crippen molar-refractivity contribution in [1.82, 2.24) is 9.71 Å². The zero-order chi connectivity index (χ0) is 13.6. The molecule has 18 heavy (non-hydrogen) atoms. The van der Waals surface area contributed by atoms with Crippen LogP contribution in [-0.2, 0) is 14.8 Å². The Hall–Kier alpha value is -1.18. The predicted molar refractivity (Wildman–Crippen MR) is 70.1 cm³/mol. The highest BCUT2D eigenvalue weighted by Crippen LogP contribution is 2.19. The second kappa shape index (κ2) is 6.67. The number of hydrogen-bond acceptors (Lipinski definition) is 5. The molecule has 0 saturated heterocycles. The molecule has 1 rings (SSSR count). The minimum Gasteiger partial charge on any atom is -0.387 e. The number of ether oxygens (including phenoxy) is 1. The Kier molecular flexibility index (Phi) is 5.52. The molecule has 1 aromatic rings. The average Bonchev–Trinajstić information content (AvgIpc) is 2.38. The van der Waals surface area contributed by atoms with Crippen LogP contribution in [0.1, 0.15) is 13.3 Å². The van der Waals surface area contributed by atoms with E-state index < -0.39 is 10.0 Å². The van der Waals surface area contributed by atoms with Gasteiger partial charge in [0.25, 0.3) is 0 Å². The molecule has 0 fully saturated rings. The molecule has 0 amide bonds. The number of hydrogen-bond donors (Lipinski definition) is 2. The van der Waals surface area contributed by atoms with Gasteiger partial charge in [-0.05, 0) is 12.5 Å². The van der Waals surface area contributed by atoms with Crippen molar-refractivity contribution < 1.29 is 13.2 Å². The lowest BCUT2D eigenvalue weighted by Crippen LogP contribution is -2.37. The van der Waals surface area contributed by atoms with Gasteiger partial charge in [0.05, 0.1) is 12.3 Å². The molecule has 1 aromatic heterocycles. The maximum atomic E-state index is 12.2. The van der Waals surface area contributed by atoms with E-state index in [4.69, 9.17) is 4.74 Å². The molecule has 0 aliphatic heterocycles. The van der Waals surface area contributed by atoms with Crippen LogP contribution in [0.5, 0.6) is 0 Å². The summed E-state index contributed by atoms with van der Waals surface area (Å²) in [6.07, 6.45) is 3.52. The lowest BCUT2D eigenvalue weighted by Gasteiger charge is -2.17. The summed E-state index contributed by atoms with van der Waals surface area (Å²) in [7, 11) is -0.382. The van der Waals surface area contributed by atoms with E-state index in [1.807, 2.05) is 6.92 Å². The number of pyridine rings is 1. The first-order valence-electron chi connectivity index (χ1n) is 5.68. The highest BCUT2D eigenvalue weighted by atomic mass is 32.2. The number of nitrogens with one attached hydrogen (secondary N) is 2. The third kappa shape index (κ3) is 3.66. The SMILES string of the molecule is CCC(COC)NS(=O)(=O)c1cnccc1NC. The second-order valence-corrected chi connectivity index (χ2v) is 5.49. The highest BCUT2D eigenvalue weighted by Gasteiger charge is 2.21. The normalized spacial score (nSPS) is 13.3. The number of rotatable bonds is 7. The Morgan fingerprint density at radius 2 is 2.22 bits per heavy atom. The molecule has 0 aliphatic rings. The molecule has 7 heteroatoms. The number of sulfonamides is 1. The molecular weight excluding hydrogens is 254 g/mol. The standard InChI is InChI=1S/C11H19N3O3S/c1-4-9(8-17-3)14-18(15,16)11-7-13-6-5-10(11)12-2/h5-7,9,14H,4,8H2,1-3H3,(H,12,13). The quantitative estimate of drug-likeness (QED) is 0.769. The van der Waals surface area contributed by atoms with Crippen LogP contribution < -0.4 is 10.0 Å². The fraction of sp³-hybridized carbons (Fsp3) is 0.545. The van der Waals surface area contributed by atoms with Crippen LogP contribution in [0.2, 0.25) is 0 Å². The van der Waals surface area contributed by atoms with E-state index >= 15 is 0 Å². The van der Waals surface area contributed by atoms with Gasteiger partial charge >= 0.3 is 0 Å². The van der Waals surface area contributed by atoms with Crippen molar-refractivity contribution >= 4 is 15.7 Å². The van der Waals surface area contributed by atoms with Crippen LogP contribution in [0.4, 0.5) is 5.69 Å². The Bertz CT molecular complexity index is 476. The Morgan fingerprint density at radius 3 is 2.78 bits per heavy atom. The summed E-state index contributed by atoms with van der Waals surface area (Å²) >= 11 is 0. The van der Waals surface area contributed by atoms with Crippen molar-refractivity contribution in [3.8, 4) is 0 Å². The number of anilines is 1. The van der Waals surface area contributed by atoms with Gasteiger partial charge in [0.15, 0.2) is 0 Å². The number of aromatic nitrogens is 1. The third-order valence-electron chi connectivity index (χ3n) is 2.53. The minimum absolute atomic E-state index is 0.141. The van der Waals surface area contributed by atoms with Gasteiger partial charge in [-0.2, -0.15) is 0 Å². The zero-order valence-electron chi connectivity index (χ0n) is 10.8.